The average molecular weight is 705 g/mol. The topological polar surface area (TPSA) is 100 Å². The zero-order valence-corrected chi connectivity index (χ0v) is 27.0. The van der Waals surface area contributed by atoms with E-state index in [0.717, 1.165) is 28.1 Å². The Bertz CT molecular complexity index is 2220. The fraction of sp³-hybridized carbons (Fsp3) is 0.235. The van der Waals surface area contributed by atoms with E-state index in [0.29, 0.717) is 41.3 Å². The normalized spacial score (nSPS) is 14.9. The molecule has 1 aliphatic rings. The number of aromatic nitrogens is 5. The van der Waals surface area contributed by atoms with Gasteiger partial charge in [-0.15, -0.1) is 0 Å². The number of carbonyl (C=O) groups excluding carboxylic acids is 1. The molecule has 1 aliphatic heterocycles. The van der Waals surface area contributed by atoms with Gasteiger partial charge in [-0.25, -0.2) is 4.52 Å². The van der Waals surface area contributed by atoms with Gasteiger partial charge in [-0.05, 0) is 48.4 Å². The molecule has 0 aliphatic carbocycles. The van der Waals surface area contributed by atoms with Crippen molar-refractivity contribution in [3.05, 3.63) is 121 Å². The van der Waals surface area contributed by atoms with Crippen LogP contribution in [0.15, 0.2) is 82.2 Å². The molecule has 0 saturated heterocycles. The highest BCUT2D eigenvalue weighted by atomic mass is 79.9. The summed E-state index contributed by atoms with van der Waals surface area (Å²) in [7, 11) is 1.79. The molecule has 6 aromatic rings. The maximum atomic E-state index is 14.6. The number of halogens is 4. The number of rotatable bonds is 6. The van der Waals surface area contributed by atoms with Crippen LogP contribution in [0.1, 0.15) is 51.7 Å². The van der Waals surface area contributed by atoms with Gasteiger partial charge >= 0.3 is 6.18 Å². The zero-order chi connectivity index (χ0) is 33.0. The second-order valence-corrected chi connectivity index (χ2v) is 12.4. The number of alkyl halides is 3. The van der Waals surface area contributed by atoms with Crippen molar-refractivity contribution in [1.29, 1.82) is 0 Å². The number of fused-ring (bicyclic) bond motifs is 4. The molecule has 13 heteroatoms. The summed E-state index contributed by atoms with van der Waals surface area (Å²) in [6.07, 6.45) is -1.69. The second-order valence-electron chi connectivity index (χ2n) is 11.6. The third-order valence-corrected chi connectivity index (χ3v) is 9.52. The van der Waals surface area contributed by atoms with Crippen molar-refractivity contribution in [2.45, 2.75) is 44.9 Å². The summed E-state index contributed by atoms with van der Waals surface area (Å²) in [4.78, 5) is 30.0. The number of anilines is 1. The minimum atomic E-state index is -4.64. The van der Waals surface area contributed by atoms with E-state index < -0.39 is 23.7 Å². The van der Waals surface area contributed by atoms with Crippen LogP contribution in [0.4, 0.5) is 19.0 Å². The molecule has 0 spiro atoms. The molecule has 0 bridgehead atoms. The highest BCUT2D eigenvalue weighted by Crippen LogP contribution is 2.36. The molecular formula is C34H29BrF3N7O2. The van der Waals surface area contributed by atoms with Crippen LogP contribution in [0, 0.1) is 0 Å². The van der Waals surface area contributed by atoms with Crippen molar-refractivity contribution in [2.75, 3.05) is 12.4 Å². The Labute approximate surface area is 275 Å². The van der Waals surface area contributed by atoms with Gasteiger partial charge in [-0.2, -0.15) is 23.4 Å². The Morgan fingerprint density at radius 3 is 2.62 bits per heavy atom. The Kier molecular flexibility index (Phi) is 7.66. The summed E-state index contributed by atoms with van der Waals surface area (Å²) in [6, 6.07) is 18.6. The first-order valence-corrected chi connectivity index (χ1v) is 15.9. The number of benzene rings is 3. The van der Waals surface area contributed by atoms with Crippen LogP contribution >= 0.6 is 15.9 Å². The van der Waals surface area contributed by atoms with Crippen LogP contribution in [0.25, 0.3) is 22.2 Å². The van der Waals surface area contributed by atoms with E-state index in [4.69, 9.17) is 5.10 Å². The Balaban J connectivity index is 1.40. The van der Waals surface area contributed by atoms with Crippen LogP contribution in [-0.2, 0) is 25.6 Å². The number of amides is 1. The third kappa shape index (κ3) is 5.28. The SMILES string of the molecule is CC[C@@H]1Cc2c(n3ncc(Cc4ccccc4)c3n(-c3ccc4c(NC)n[nH]c4c3)c2=O)CN1C(=O)c1ccc(Br)c(C(F)(F)F)c1. The van der Waals surface area contributed by atoms with Gasteiger partial charge in [0.05, 0.1) is 35.2 Å². The highest BCUT2D eigenvalue weighted by Gasteiger charge is 2.37. The van der Waals surface area contributed by atoms with E-state index in [-0.39, 0.29) is 28.6 Å². The Morgan fingerprint density at radius 2 is 1.89 bits per heavy atom. The summed E-state index contributed by atoms with van der Waals surface area (Å²) in [5.74, 6) is 0.145. The molecule has 4 heterocycles. The number of nitrogens with one attached hydrogen (secondary N) is 2. The van der Waals surface area contributed by atoms with Crippen molar-refractivity contribution in [3.63, 3.8) is 0 Å². The van der Waals surface area contributed by atoms with E-state index in [9.17, 15) is 22.8 Å². The number of nitrogens with zero attached hydrogens (tertiary/aromatic N) is 5. The molecule has 0 fully saturated rings. The number of hydrogen-bond donors (Lipinski definition) is 2. The summed E-state index contributed by atoms with van der Waals surface area (Å²) in [5, 5.41) is 16.0. The molecule has 0 saturated carbocycles. The Morgan fingerprint density at radius 1 is 1.11 bits per heavy atom. The lowest BCUT2D eigenvalue weighted by atomic mass is 9.95. The molecular weight excluding hydrogens is 675 g/mol. The molecule has 9 nitrogen and oxygen atoms in total. The lowest BCUT2D eigenvalue weighted by molar-refractivity contribution is -0.138. The molecule has 1 atom stereocenters. The van der Waals surface area contributed by atoms with Crippen LogP contribution in [0.2, 0.25) is 0 Å². The molecule has 0 unspecified atom stereocenters. The second kappa shape index (κ2) is 11.7. The molecule has 2 N–H and O–H groups in total. The van der Waals surface area contributed by atoms with Gasteiger partial charge in [-0.3, -0.25) is 19.3 Å². The number of carbonyl (C=O) groups is 1. The smallest absolute Gasteiger partial charge is 0.371 e. The minimum Gasteiger partial charge on any atom is -0.371 e. The summed E-state index contributed by atoms with van der Waals surface area (Å²) >= 11 is 2.96. The van der Waals surface area contributed by atoms with E-state index >= 15 is 0 Å². The van der Waals surface area contributed by atoms with Crippen LogP contribution in [-0.4, -0.2) is 48.3 Å². The minimum absolute atomic E-state index is 0.00817. The van der Waals surface area contributed by atoms with Gasteiger partial charge in [0.1, 0.15) is 5.65 Å². The van der Waals surface area contributed by atoms with E-state index in [2.05, 4.69) is 31.4 Å². The molecule has 1 amide bonds. The monoisotopic (exact) mass is 703 g/mol. The fourth-order valence-electron chi connectivity index (χ4n) is 6.46. The van der Waals surface area contributed by atoms with Gasteiger partial charge in [0, 0.05) is 52.5 Å². The van der Waals surface area contributed by atoms with Gasteiger partial charge in [0.2, 0.25) is 0 Å². The standard InChI is InChI=1S/C34H29BrF3N7O2/c1-3-22-15-25-29(18-43(22)32(46)20-9-12-27(35)26(14-20)34(36,37)38)45-31(21(17-40-45)13-19-7-5-4-6-8-19)44(33(25)47)23-10-11-24-28(16-23)41-42-30(24)39-2/h4-12,14,16-17,22H,3,13,15,18H2,1-2H3,(H2,39,41,42)/t22-/m1/s1. The lowest BCUT2D eigenvalue weighted by Crippen LogP contribution is -2.47. The maximum absolute atomic E-state index is 14.6. The highest BCUT2D eigenvalue weighted by molar-refractivity contribution is 9.10. The van der Waals surface area contributed by atoms with Crippen molar-refractivity contribution >= 4 is 44.2 Å². The van der Waals surface area contributed by atoms with Crippen molar-refractivity contribution < 1.29 is 18.0 Å². The summed E-state index contributed by atoms with van der Waals surface area (Å²) in [6.45, 7) is 1.90. The van der Waals surface area contributed by atoms with E-state index in [1.165, 1.54) is 12.1 Å². The van der Waals surface area contributed by atoms with Crippen LogP contribution in [0.3, 0.4) is 0 Å². The first kappa shape index (κ1) is 30.7. The van der Waals surface area contributed by atoms with Crippen molar-refractivity contribution in [2.24, 2.45) is 0 Å². The Hall–Kier alpha value is -4.91. The van der Waals surface area contributed by atoms with Gasteiger partial charge in [-0.1, -0.05) is 53.2 Å². The van der Waals surface area contributed by atoms with Crippen LogP contribution in [0.5, 0.6) is 0 Å². The first-order valence-electron chi connectivity index (χ1n) is 15.1. The van der Waals surface area contributed by atoms with Gasteiger partial charge < -0.3 is 10.2 Å². The third-order valence-electron chi connectivity index (χ3n) is 8.82. The number of H-pyrrole nitrogens is 1. The molecule has 3 aromatic heterocycles. The molecule has 0 radical (unpaired) electrons. The van der Waals surface area contributed by atoms with E-state index in [1.54, 1.807) is 27.2 Å². The largest absolute Gasteiger partial charge is 0.417 e. The lowest BCUT2D eigenvalue weighted by Gasteiger charge is -2.36. The van der Waals surface area contributed by atoms with E-state index in [1.807, 2.05) is 55.5 Å². The van der Waals surface area contributed by atoms with Crippen molar-refractivity contribution in [1.82, 2.24) is 29.3 Å². The van der Waals surface area contributed by atoms with Crippen LogP contribution < -0.4 is 10.9 Å². The van der Waals surface area contributed by atoms with Gasteiger partial charge in [0.15, 0.2) is 5.82 Å². The quantitative estimate of drug-likeness (QED) is 0.200. The molecule has 3 aromatic carbocycles. The zero-order valence-electron chi connectivity index (χ0n) is 25.4. The predicted octanol–water partition coefficient (Wildman–Crippen LogP) is 6.75. The average Bonchev–Trinajstić information content (AvgIpc) is 3.68. The predicted molar refractivity (Wildman–Crippen MR) is 176 cm³/mol. The van der Waals surface area contributed by atoms with Gasteiger partial charge in [0.25, 0.3) is 11.5 Å². The van der Waals surface area contributed by atoms with Crippen molar-refractivity contribution in [3.8, 4) is 5.69 Å². The molecule has 47 heavy (non-hydrogen) atoms. The molecule has 240 valence electrons. The number of aromatic amines is 1. The summed E-state index contributed by atoms with van der Waals surface area (Å²) < 4.78 is 44.4. The fourth-order valence-corrected chi connectivity index (χ4v) is 6.93. The molecule has 7 rings (SSSR count). The number of hydrogen-bond acceptors (Lipinski definition) is 5. The summed E-state index contributed by atoms with van der Waals surface area (Å²) in [5.41, 5.74) is 3.56. The maximum Gasteiger partial charge on any atom is 0.417 e. The first-order chi connectivity index (χ1) is 22.6.